The second-order valence-corrected chi connectivity index (χ2v) is 7.24. The van der Waals surface area contributed by atoms with Gasteiger partial charge in [-0.3, -0.25) is 9.48 Å². The van der Waals surface area contributed by atoms with E-state index in [-0.39, 0.29) is 5.91 Å². The van der Waals surface area contributed by atoms with Crippen LogP contribution >= 0.6 is 0 Å². The Morgan fingerprint density at radius 2 is 1.93 bits per heavy atom. The molecule has 1 aromatic carbocycles. The van der Waals surface area contributed by atoms with E-state index in [4.69, 9.17) is 4.74 Å². The summed E-state index contributed by atoms with van der Waals surface area (Å²) in [5, 5.41) is 7.41. The summed E-state index contributed by atoms with van der Waals surface area (Å²) in [6.07, 6.45) is 3.25. The highest BCUT2D eigenvalue weighted by Crippen LogP contribution is 2.30. The minimum Gasteiger partial charge on any atom is -0.465 e. The number of nitrogens with one attached hydrogen (secondary N) is 1. The molecular weight excluding hydrogens is 356 g/mol. The Labute approximate surface area is 165 Å². The Bertz CT molecular complexity index is 882. The van der Waals surface area contributed by atoms with Crippen molar-refractivity contribution in [3.8, 4) is 0 Å². The minimum atomic E-state index is -0.412. The zero-order valence-electron chi connectivity index (χ0n) is 17.0. The van der Waals surface area contributed by atoms with E-state index in [2.05, 4.69) is 15.3 Å². The number of carbonyl (C=O) groups is 2. The second-order valence-electron chi connectivity index (χ2n) is 7.24. The van der Waals surface area contributed by atoms with Gasteiger partial charge in [-0.05, 0) is 56.9 Å². The van der Waals surface area contributed by atoms with Crippen molar-refractivity contribution in [3.05, 3.63) is 40.7 Å². The van der Waals surface area contributed by atoms with Gasteiger partial charge in [-0.25, -0.2) is 4.79 Å². The number of aromatic nitrogens is 2. The van der Waals surface area contributed by atoms with Crippen LogP contribution in [0.5, 0.6) is 0 Å². The first-order valence-electron chi connectivity index (χ1n) is 9.67. The smallest absolute Gasteiger partial charge is 0.337 e. The van der Waals surface area contributed by atoms with E-state index >= 15 is 0 Å². The van der Waals surface area contributed by atoms with E-state index in [0.717, 1.165) is 48.6 Å². The van der Waals surface area contributed by atoms with Gasteiger partial charge in [0.15, 0.2) is 0 Å². The molecule has 1 amide bonds. The Morgan fingerprint density at radius 3 is 2.54 bits per heavy atom. The fourth-order valence-electron chi connectivity index (χ4n) is 3.75. The topological polar surface area (TPSA) is 76.5 Å². The van der Waals surface area contributed by atoms with Crippen LogP contribution < -0.4 is 10.2 Å². The fraction of sp³-hybridized carbons (Fsp3) is 0.476. The number of benzene rings is 1. The summed E-state index contributed by atoms with van der Waals surface area (Å²) >= 11 is 0. The van der Waals surface area contributed by atoms with Crippen LogP contribution in [0.1, 0.15) is 46.6 Å². The van der Waals surface area contributed by atoms with Crippen LogP contribution in [0.3, 0.4) is 0 Å². The van der Waals surface area contributed by atoms with Crippen molar-refractivity contribution in [2.75, 3.05) is 30.4 Å². The highest BCUT2D eigenvalue weighted by atomic mass is 16.5. The largest absolute Gasteiger partial charge is 0.465 e. The molecule has 0 aliphatic carbocycles. The molecule has 2 heterocycles. The van der Waals surface area contributed by atoms with Gasteiger partial charge in [0.25, 0.3) is 0 Å². The molecule has 28 heavy (non-hydrogen) atoms. The normalized spacial score (nSPS) is 13.6. The number of esters is 1. The molecule has 7 heteroatoms. The van der Waals surface area contributed by atoms with Gasteiger partial charge in [-0.1, -0.05) is 0 Å². The van der Waals surface area contributed by atoms with Crippen molar-refractivity contribution in [1.82, 2.24) is 9.78 Å². The number of hydrogen-bond acceptors (Lipinski definition) is 5. The highest BCUT2D eigenvalue weighted by molar-refractivity contribution is 5.98. The van der Waals surface area contributed by atoms with E-state index in [1.165, 1.54) is 7.11 Å². The van der Waals surface area contributed by atoms with Crippen molar-refractivity contribution in [2.45, 2.75) is 39.5 Å². The molecule has 1 aliphatic rings. The van der Waals surface area contributed by atoms with E-state index in [1.807, 2.05) is 31.6 Å². The molecule has 3 rings (SSSR count). The third-order valence-electron chi connectivity index (χ3n) is 5.40. The van der Waals surface area contributed by atoms with Gasteiger partial charge in [0.1, 0.15) is 0 Å². The number of nitrogens with zero attached hydrogens (tertiary/aromatic N) is 3. The lowest BCUT2D eigenvalue weighted by Crippen LogP contribution is -2.22. The van der Waals surface area contributed by atoms with Crippen LogP contribution in [-0.2, 0) is 23.0 Å². The lowest BCUT2D eigenvalue weighted by atomic mass is 10.1. The SMILES string of the molecule is COC(=O)c1ccc(N2CCCC2)c(NC(=O)CCc2c(C)nn(C)c2C)c1. The molecule has 1 N–H and O–H groups in total. The predicted octanol–water partition coefficient (Wildman–Crippen LogP) is 3.00. The average molecular weight is 384 g/mol. The van der Waals surface area contributed by atoms with Crippen LogP contribution in [0.4, 0.5) is 11.4 Å². The summed E-state index contributed by atoms with van der Waals surface area (Å²) in [5.74, 6) is -0.491. The maximum absolute atomic E-state index is 12.7. The van der Waals surface area contributed by atoms with E-state index in [0.29, 0.717) is 24.1 Å². The number of rotatable bonds is 6. The van der Waals surface area contributed by atoms with Crippen LogP contribution in [0, 0.1) is 13.8 Å². The van der Waals surface area contributed by atoms with Gasteiger partial charge in [0, 0.05) is 32.3 Å². The Hall–Kier alpha value is -2.83. The van der Waals surface area contributed by atoms with Crippen molar-refractivity contribution < 1.29 is 14.3 Å². The molecule has 1 fully saturated rings. The van der Waals surface area contributed by atoms with Gasteiger partial charge in [-0.2, -0.15) is 5.10 Å². The molecule has 1 aliphatic heterocycles. The lowest BCUT2D eigenvalue weighted by molar-refractivity contribution is -0.116. The van der Waals surface area contributed by atoms with E-state index in [1.54, 1.807) is 12.1 Å². The third-order valence-corrected chi connectivity index (χ3v) is 5.40. The molecule has 0 atom stereocenters. The van der Waals surface area contributed by atoms with Crippen LogP contribution in [0.15, 0.2) is 18.2 Å². The summed E-state index contributed by atoms with van der Waals surface area (Å²) in [7, 11) is 3.26. The molecule has 0 unspecified atom stereocenters. The van der Waals surface area contributed by atoms with Gasteiger partial charge < -0.3 is 15.0 Å². The zero-order chi connectivity index (χ0) is 20.3. The maximum atomic E-state index is 12.7. The zero-order valence-corrected chi connectivity index (χ0v) is 17.0. The minimum absolute atomic E-state index is 0.0786. The summed E-state index contributed by atoms with van der Waals surface area (Å²) in [5.41, 5.74) is 5.19. The number of amides is 1. The number of anilines is 2. The van der Waals surface area contributed by atoms with E-state index < -0.39 is 5.97 Å². The molecule has 0 bridgehead atoms. The maximum Gasteiger partial charge on any atom is 0.337 e. The molecule has 7 nitrogen and oxygen atoms in total. The van der Waals surface area contributed by atoms with Crippen molar-refractivity contribution >= 4 is 23.3 Å². The van der Waals surface area contributed by atoms with Crippen LogP contribution in [0.2, 0.25) is 0 Å². The summed E-state index contributed by atoms with van der Waals surface area (Å²) < 4.78 is 6.66. The first-order valence-corrected chi connectivity index (χ1v) is 9.67. The molecule has 0 spiro atoms. The number of methoxy groups -OCH3 is 1. The summed E-state index contributed by atoms with van der Waals surface area (Å²) in [6, 6.07) is 5.35. The quantitative estimate of drug-likeness (QED) is 0.775. The number of ether oxygens (including phenoxy) is 1. The van der Waals surface area contributed by atoms with Gasteiger partial charge >= 0.3 is 5.97 Å². The van der Waals surface area contributed by atoms with Crippen molar-refractivity contribution in [1.29, 1.82) is 0 Å². The van der Waals surface area contributed by atoms with Gasteiger partial charge in [-0.15, -0.1) is 0 Å². The van der Waals surface area contributed by atoms with Crippen molar-refractivity contribution in [2.24, 2.45) is 7.05 Å². The lowest BCUT2D eigenvalue weighted by Gasteiger charge is -2.22. The highest BCUT2D eigenvalue weighted by Gasteiger charge is 2.19. The first-order chi connectivity index (χ1) is 13.4. The molecule has 1 saturated heterocycles. The van der Waals surface area contributed by atoms with Crippen LogP contribution in [0.25, 0.3) is 0 Å². The number of hydrogen-bond donors (Lipinski definition) is 1. The fourth-order valence-corrected chi connectivity index (χ4v) is 3.75. The van der Waals surface area contributed by atoms with E-state index in [9.17, 15) is 9.59 Å². The molecule has 0 radical (unpaired) electrons. The average Bonchev–Trinajstić information content (AvgIpc) is 3.29. The van der Waals surface area contributed by atoms with Crippen LogP contribution in [-0.4, -0.2) is 41.9 Å². The molecule has 2 aromatic rings. The third kappa shape index (κ3) is 4.18. The monoisotopic (exact) mass is 384 g/mol. The van der Waals surface area contributed by atoms with Gasteiger partial charge in [0.2, 0.25) is 5.91 Å². The molecule has 0 saturated carbocycles. The predicted molar refractivity (Wildman–Crippen MR) is 109 cm³/mol. The van der Waals surface area contributed by atoms with Crippen molar-refractivity contribution in [3.63, 3.8) is 0 Å². The number of carbonyl (C=O) groups excluding carboxylic acids is 2. The van der Waals surface area contributed by atoms with Gasteiger partial charge in [0.05, 0.1) is 29.7 Å². The first kappa shape index (κ1) is 19.9. The Morgan fingerprint density at radius 1 is 1.21 bits per heavy atom. The second kappa shape index (κ2) is 8.46. The summed E-state index contributed by atoms with van der Waals surface area (Å²) in [4.78, 5) is 26.8. The molecule has 1 aromatic heterocycles. The Kier molecular flexibility index (Phi) is 6.02. The number of aryl methyl sites for hydroxylation is 2. The summed E-state index contributed by atoms with van der Waals surface area (Å²) in [6.45, 7) is 5.88. The standard InChI is InChI=1S/C21H28N4O3/c1-14-17(15(2)24(3)23-14)8-10-20(26)22-18-13-16(21(27)28-4)7-9-19(18)25-11-5-6-12-25/h7,9,13H,5-6,8,10-12H2,1-4H3,(H,22,26). The molecule has 150 valence electrons. The molecular formula is C21H28N4O3. The Balaban J connectivity index is 1.76.